The number of nitrogens with two attached hydrogens (primary N) is 1. The maximum absolute atomic E-state index is 10.0. The Morgan fingerprint density at radius 1 is 1.11 bits per heavy atom. The molecule has 0 aromatic heterocycles. The number of methoxy groups -OCH3 is 2. The van der Waals surface area contributed by atoms with Crippen molar-refractivity contribution in [3.05, 3.63) is 46.7 Å². The number of benzene rings is 1. The zero-order valence-corrected chi connectivity index (χ0v) is 15.3. The molecule has 27 heavy (non-hydrogen) atoms. The zero-order chi connectivity index (χ0) is 19.6. The topological polar surface area (TPSA) is 116 Å². The van der Waals surface area contributed by atoms with Crippen molar-refractivity contribution < 1.29 is 9.47 Å². The first kappa shape index (κ1) is 18.4. The van der Waals surface area contributed by atoms with Gasteiger partial charge in [0.2, 0.25) is 0 Å². The molecule has 2 aliphatic carbocycles. The zero-order valence-electron chi connectivity index (χ0n) is 15.3. The first-order valence-corrected chi connectivity index (χ1v) is 8.73. The van der Waals surface area contributed by atoms with Crippen LogP contribution in [0, 0.1) is 45.3 Å². The predicted molar refractivity (Wildman–Crippen MR) is 98.2 cm³/mol. The van der Waals surface area contributed by atoms with Crippen molar-refractivity contribution in [3.63, 3.8) is 0 Å². The van der Waals surface area contributed by atoms with Crippen molar-refractivity contribution in [1.29, 1.82) is 15.8 Å². The summed E-state index contributed by atoms with van der Waals surface area (Å²) in [7, 11) is 3.09. The van der Waals surface area contributed by atoms with Gasteiger partial charge in [0.1, 0.15) is 6.07 Å². The van der Waals surface area contributed by atoms with Crippen LogP contribution < -0.4 is 15.2 Å². The monoisotopic (exact) mass is 360 g/mol. The summed E-state index contributed by atoms with van der Waals surface area (Å²) in [6.07, 6.45) is 4.60. The molecule has 2 atom stereocenters. The number of allylic oxidation sites excluding steroid dienone is 4. The van der Waals surface area contributed by atoms with E-state index in [1.165, 1.54) is 0 Å². The summed E-state index contributed by atoms with van der Waals surface area (Å²) in [6, 6.07) is 11.8. The van der Waals surface area contributed by atoms with Crippen LogP contribution in [0.2, 0.25) is 0 Å². The van der Waals surface area contributed by atoms with Crippen LogP contribution in [0.1, 0.15) is 30.7 Å². The summed E-state index contributed by atoms with van der Waals surface area (Å²) in [5.74, 6) is 0.473. The second-order valence-corrected chi connectivity index (χ2v) is 6.72. The molecule has 0 heterocycles. The van der Waals surface area contributed by atoms with Gasteiger partial charge in [0.15, 0.2) is 16.9 Å². The predicted octanol–water partition coefficient (Wildman–Crippen LogP) is 3.30. The van der Waals surface area contributed by atoms with Crippen LogP contribution in [0.25, 0.3) is 0 Å². The Labute approximate surface area is 158 Å². The van der Waals surface area contributed by atoms with E-state index in [1.807, 2.05) is 12.1 Å². The lowest BCUT2D eigenvalue weighted by Gasteiger charge is -2.43. The average Bonchev–Trinajstić information content (AvgIpc) is 2.72. The minimum atomic E-state index is -1.61. The lowest BCUT2D eigenvalue weighted by molar-refractivity contribution is 0.314. The fourth-order valence-corrected chi connectivity index (χ4v) is 4.30. The van der Waals surface area contributed by atoms with Gasteiger partial charge in [-0.05, 0) is 48.4 Å². The molecule has 0 saturated heterocycles. The molecule has 0 saturated carbocycles. The molecule has 136 valence electrons. The minimum absolute atomic E-state index is 0.0409. The van der Waals surface area contributed by atoms with E-state index < -0.39 is 11.3 Å². The summed E-state index contributed by atoms with van der Waals surface area (Å²) in [4.78, 5) is 0. The summed E-state index contributed by atoms with van der Waals surface area (Å²) < 4.78 is 10.7. The lowest BCUT2D eigenvalue weighted by Crippen LogP contribution is -2.42. The second-order valence-electron chi connectivity index (χ2n) is 6.72. The maximum Gasteiger partial charge on any atom is 0.191 e. The third-order valence-corrected chi connectivity index (χ3v) is 5.57. The summed E-state index contributed by atoms with van der Waals surface area (Å²) in [5, 5.41) is 29.7. The van der Waals surface area contributed by atoms with Crippen molar-refractivity contribution in [1.82, 2.24) is 0 Å². The highest BCUT2D eigenvalue weighted by molar-refractivity contribution is 5.60. The number of fused-ring (bicyclic) bond motifs is 1. The molecule has 0 amide bonds. The molecule has 1 aromatic rings. The molecular weight excluding hydrogens is 340 g/mol. The Balaban J connectivity index is 2.30. The Morgan fingerprint density at radius 3 is 2.41 bits per heavy atom. The Hall–Kier alpha value is -3.43. The first-order valence-electron chi connectivity index (χ1n) is 8.73. The molecule has 1 aromatic carbocycles. The highest BCUT2D eigenvalue weighted by atomic mass is 16.5. The van der Waals surface area contributed by atoms with E-state index >= 15 is 0 Å². The molecule has 0 radical (unpaired) electrons. The van der Waals surface area contributed by atoms with Crippen LogP contribution >= 0.6 is 0 Å². The number of ether oxygens (including phenoxy) is 2. The molecule has 0 bridgehead atoms. The number of nitrogens with zero attached hydrogens (tertiary/aromatic N) is 3. The van der Waals surface area contributed by atoms with Crippen molar-refractivity contribution >= 4 is 0 Å². The van der Waals surface area contributed by atoms with E-state index in [0.717, 1.165) is 30.4 Å². The molecule has 3 rings (SSSR count). The van der Waals surface area contributed by atoms with Gasteiger partial charge in [0, 0.05) is 5.92 Å². The van der Waals surface area contributed by atoms with Crippen LogP contribution in [-0.2, 0) is 0 Å². The SMILES string of the molecule is COc1ccc([C@@H]2[C@@H]3CCCC=C3C(C#N)=C(N)C2(C#N)C#N)cc1OC. The quantitative estimate of drug-likeness (QED) is 0.884. The fraction of sp³-hybridized carbons (Fsp3) is 0.381. The van der Waals surface area contributed by atoms with Crippen molar-refractivity contribution in [2.24, 2.45) is 17.1 Å². The summed E-state index contributed by atoms with van der Waals surface area (Å²) in [6.45, 7) is 0. The van der Waals surface area contributed by atoms with Gasteiger partial charge >= 0.3 is 0 Å². The van der Waals surface area contributed by atoms with E-state index in [0.29, 0.717) is 11.5 Å². The highest BCUT2D eigenvalue weighted by Crippen LogP contribution is 2.56. The fourth-order valence-electron chi connectivity index (χ4n) is 4.30. The Bertz CT molecular complexity index is 942. The van der Waals surface area contributed by atoms with Crippen LogP contribution in [0.4, 0.5) is 0 Å². The number of nitriles is 3. The summed E-state index contributed by atoms with van der Waals surface area (Å²) in [5.41, 5.74) is 6.60. The molecule has 0 fully saturated rings. The van der Waals surface area contributed by atoms with E-state index in [-0.39, 0.29) is 17.2 Å². The van der Waals surface area contributed by atoms with Crippen LogP contribution in [0.5, 0.6) is 11.5 Å². The molecule has 0 unspecified atom stereocenters. The number of hydrogen-bond acceptors (Lipinski definition) is 6. The second kappa shape index (κ2) is 7.06. The minimum Gasteiger partial charge on any atom is -0.493 e. The number of hydrogen-bond donors (Lipinski definition) is 1. The van der Waals surface area contributed by atoms with Crippen LogP contribution in [0.3, 0.4) is 0 Å². The van der Waals surface area contributed by atoms with Crippen LogP contribution in [-0.4, -0.2) is 14.2 Å². The Morgan fingerprint density at radius 2 is 1.81 bits per heavy atom. The molecule has 0 spiro atoms. The smallest absolute Gasteiger partial charge is 0.191 e. The molecular formula is C21H20N4O2. The lowest BCUT2D eigenvalue weighted by atomic mass is 9.57. The van der Waals surface area contributed by atoms with Gasteiger partial charge in [-0.3, -0.25) is 0 Å². The van der Waals surface area contributed by atoms with Gasteiger partial charge in [-0.1, -0.05) is 12.1 Å². The molecule has 6 nitrogen and oxygen atoms in total. The van der Waals surface area contributed by atoms with Crippen molar-refractivity contribution in [2.75, 3.05) is 14.2 Å². The van der Waals surface area contributed by atoms with Gasteiger partial charge < -0.3 is 15.2 Å². The molecule has 0 aliphatic heterocycles. The largest absolute Gasteiger partial charge is 0.493 e. The highest BCUT2D eigenvalue weighted by Gasteiger charge is 2.53. The maximum atomic E-state index is 10.0. The third kappa shape index (κ3) is 2.60. The van der Waals surface area contributed by atoms with Gasteiger partial charge in [0.05, 0.1) is 37.6 Å². The molecule has 2 N–H and O–H groups in total. The van der Waals surface area contributed by atoms with Gasteiger partial charge in [-0.25, -0.2) is 0 Å². The first-order chi connectivity index (χ1) is 13.1. The molecule has 2 aliphatic rings. The average molecular weight is 360 g/mol. The van der Waals surface area contributed by atoms with Crippen LogP contribution in [0.15, 0.2) is 41.1 Å². The van der Waals surface area contributed by atoms with Crippen molar-refractivity contribution in [3.8, 4) is 29.7 Å². The van der Waals surface area contributed by atoms with E-state index in [9.17, 15) is 15.8 Å². The summed E-state index contributed by atoms with van der Waals surface area (Å²) >= 11 is 0. The van der Waals surface area contributed by atoms with E-state index in [4.69, 9.17) is 15.2 Å². The van der Waals surface area contributed by atoms with E-state index in [1.54, 1.807) is 26.4 Å². The van der Waals surface area contributed by atoms with E-state index in [2.05, 4.69) is 18.2 Å². The third-order valence-electron chi connectivity index (χ3n) is 5.57. The van der Waals surface area contributed by atoms with Gasteiger partial charge in [-0.2, -0.15) is 15.8 Å². The Kier molecular flexibility index (Phi) is 4.80. The normalized spacial score (nSPS) is 23.1. The standard InChI is InChI=1S/C21H20N4O2/c1-26-17-8-7-13(9-18(17)27-2)19-15-6-4-3-5-14(15)16(10-22)20(25)21(19,11-23)12-24/h5,7-9,15,19H,3-4,6,25H2,1-2H3/t15-,19-/m1/s1. The van der Waals surface area contributed by atoms with Gasteiger partial charge in [-0.15, -0.1) is 0 Å². The van der Waals surface area contributed by atoms with Crippen molar-refractivity contribution in [2.45, 2.75) is 25.2 Å². The number of rotatable bonds is 3. The van der Waals surface area contributed by atoms with Gasteiger partial charge in [0.25, 0.3) is 0 Å². The molecule has 6 heteroatoms.